The van der Waals surface area contributed by atoms with E-state index in [-0.39, 0.29) is 0 Å². The Hall–Kier alpha value is -3.88. The van der Waals surface area contributed by atoms with Crippen molar-refractivity contribution >= 4 is 28.9 Å². The summed E-state index contributed by atoms with van der Waals surface area (Å²) in [5.74, 6) is 1.69. The van der Waals surface area contributed by atoms with Crippen LogP contribution in [0.1, 0.15) is 5.56 Å². The van der Waals surface area contributed by atoms with Gasteiger partial charge in [0.15, 0.2) is 17.3 Å². The van der Waals surface area contributed by atoms with E-state index in [1.165, 1.54) is 6.33 Å². The van der Waals surface area contributed by atoms with Crippen molar-refractivity contribution in [1.82, 2.24) is 29.7 Å². The van der Waals surface area contributed by atoms with Gasteiger partial charge in [0.1, 0.15) is 12.1 Å². The zero-order chi connectivity index (χ0) is 17.1. The quantitative estimate of drug-likeness (QED) is 0.431. The molecule has 0 aromatic carbocycles. The van der Waals surface area contributed by atoms with Crippen LogP contribution in [0.5, 0.6) is 0 Å². The molecule has 0 radical (unpaired) electrons. The molecule has 0 saturated heterocycles. The standard InChI is InChI=1S/C16H13N9/c17-13-5-4-11(7-19-13)8-22-24-15-12-9-23-25(16(12)21-10-20-15)14-3-1-2-6-18-14/h1-10H,(H2,17,19)(H,20,21,24)/b22-8+. The van der Waals surface area contributed by atoms with Gasteiger partial charge < -0.3 is 5.73 Å². The topological polar surface area (TPSA) is 120 Å². The molecule has 0 bridgehead atoms. The van der Waals surface area contributed by atoms with Crippen LogP contribution >= 0.6 is 0 Å². The number of anilines is 2. The molecule has 0 fully saturated rings. The molecule has 0 aliphatic carbocycles. The first kappa shape index (κ1) is 14.7. The minimum Gasteiger partial charge on any atom is -0.384 e. The lowest BCUT2D eigenvalue weighted by atomic mass is 10.3. The Labute approximate surface area is 142 Å². The third-order valence-corrected chi connectivity index (χ3v) is 3.43. The highest BCUT2D eigenvalue weighted by atomic mass is 15.4. The fraction of sp³-hybridized carbons (Fsp3) is 0. The van der Waals surface area contributed by atoms with Gasteiger partial charge in [-0.1, -0.05) is 6.07 Å². The van der Waals surface area contributed by atoms with Crippen LogP contribution in [0, 0.1) is 0 Å². The molecule has 0 spiro atoms. The highest BCUT2D eigenvalue weighted by Gasteiger charge is 2.11. The monoisotopic (exact) mass is 331 g/mol. The normalized spacial score (nSPS) is 11.2. The summed E-state index contributed by atoms with van der Waals surface area (Å²) in [6.45, 7) is 0. The second-order valence-corrected chi connectivity index (χ2v) is 5.09. The first-order chi connectivity index (χ1) is 12.3. The molecule has 0 atom stereocenters. The Morgan fingerprint density at radius 2 is 2.00 bits per heavy atom. The van der Waals surface area contributed by atoms with Gasteiger partial charge >= 0.3 is 0 Å². The van der Waals surface area contributed by atoms with Crippen molar-refractivity contribution in [1.29, 1.82) is 0 Å². The molecule has 0 saturated carbocycles. The van der Waals surface area contributed by atoms with Crippen molar-refractivity contribution in [2.45, 2.75) is 0 Å². The minimum absolute atomic E-state index is 0.463. The van der Waals surface area contributed by atoms with Crippen molar-refractivity contribution < 1.29 is 0 Å². The van der Waals surface area contributed by atoms with E-state index in [1.54, 1.807) is 35.6 Å². The lowest BCUT2D eigenvalue weighted by Crippen LogP contribution is -2.01. The zero-order valence-corrected chi connectivity index (χ0v) is 13.0. The second-order valence-electron chi connectivity index (χ2n) is 5.09. The fourth-order valence-corrected chi connectivity index (χ4v) is 2.24. The summed E-state index contributed by atoms with van der Waals surface area (Å²) < 4.78 is 1.65. The maximum atomic E-state index is 5.56. The van der Waals surface area contributed by atoms with Crippen LogP contribution in [0.2, 0.25) is 0 Å². The summed E-state index contributed by atoms with van der Waals surface area (Å²) >= 11 is 0. The Bertz CT molecular complexity index is 1020. The summed E-state index contributed by atoms with van der Waals surface area (Å²) in [5.41, 5.74) is 9.91. The number of rotatable bonds is 4. The summed E-state index contributed by atoms with van der Waals surface area (Å²) in [6, 6.07) is 9.12. The Morgan fingerprint density at radius 1 is 1.04 bits per heavy atom. The van der Waals surface area contributed by atoms with Crippen LogP contribution in [0.4, 0.5) is 11.6 Å². The largest absolute Gasteiger partial charge is 0.384 e. The van der Waals surface area contributed by atoms with E-state index in [9.17, 15) is 0 Å². The Kier molecular flexibility index (Phi) is 3.71. The second kappa shape index (κ2) is 6.32. The van der Waals surface area contributed by atoms with Crippen LogP contribution in [-0.4, -0.2) is 35.9 Å². The summed E-state index contributed by atoms with van der Waals surface area (Å²) in [6.07, 6.45) is 8.09. The van der Waals surface area contributed by atoms with E-state index in [1.807, 2.05) is 24.3 Å². The molecular formula is C16H13N9. The molecule has 4 heterocycles. The number of hydrogen-bond donors (Lipinski definition) is 2. The van der Waals surface area contributed by atoms with Gasteiger partial charge in [-0.3, -0.25) is 5.43 Å². The molecular weight excluding hydrogens is 318 g/mol. The Balaban J connectivity index is 1.62. The van der Waals surface area contributed by atoms with Crippen LogP contribution in [-0.2, 0) is 0 Å². The number of aromatic nitrogens is 6. The molecule has 0 aliphatic heterocycles. The SMILES string of the molecule is Nc1ccc(/C=N/Nc2ncnc3c2cnn3-c2ccccn2)cn1. The molecule has 4 rings (SSSR count). The maximum absolute atomic E-state index is 5.56. The van der Waals surface area contributed by atoms with E-state index < -0.39 is 0 Å². The molecule has 9 heteroatoms. The van der Waals surface area contributed by atoms with Crippen LogP contribution in [0.25, 0.3) is 16.9 Å². The minimum atomic E-state index is 0.463. The number of hydrazone groups is 1. The highest BCUT2D eigenvalue weighted by molar-refractivity contribution is 5.87. The smallest absolute Gasteiger partial charge is 0.170 e. The van der Waals surface area contributed by atoms with Crippen LogP contribution < -0.4 is 11.2 Å². The first-order valence-corrected chi connectivity index (χ1v) is 7.42. The average Bonchev–Trinajstić information content (AvgIpc) is 3.09. The van der Waals surface area contributed by atoms with Gasteiger partial charge in [0.2, 0.25) is 0 Å². The number of fused-ring (bicyclic) bond motifs is 1. The molecule has 9 nitrogen and oxygen atoms in total. The average molecular weight is 331 g/mol. The van der Waals surface area contributed by atoms with Gasteiger partial charge in [0.05, 0.1) is 17.8 Å². The van der Waals surface area contributed by atoms with Crippen LogP contribution in [0.15, 0.2) is 60.4 Å². The van der Waals surface area contributed by atoms with Crippen molar-refractivity contribution in [3.63, 3.8) is 0 Å². The number of hydrogen-bond acceptors (Lipinski definition) is 8. The molecule has 0 unspecified atom stereocenters. The molecule has 122 valence electrons. The lowest BCUT2D eigenvalue weighted by Gasteiger charge is -2.02. The van der Waals surface area contributed by atoms with E-state index in [4.69, 9.17) is 5.73 Å². The summed E-state index contributed by atoms with van der Waals surface area (Å²) in [7, 11) is 0. The molecule has 4 aromatic rings. The third kappa shape index (κ3) is 2.98. The third-order valence-electron chi connectivity index (χ3n) is 3.43. The van der Waals surface area contributed by atoms with E-state index in [0.29, 0.717) is 23.1 Å². The van der Waals surface area contributed by atoms with Crippen molar-refractivity contribution in [3.05, 3.63) is 60.8 Å². The predicted molar refractivity (Wildman–Crippen MR) is 94.3 cm³/mol. The van der Waals surface area contributed by atoms with Crippen molar-refractivity contribution in [2.75, 3.05) is 11.2 Å². The van der Waals surface area contributed by atoms with E-state index >= 15 is 0 Å². The van der Waals surface area contributed by atoms with Crippen LogP contribution in [0.3, 0.4) is 0 Å². The van der Waals surface area contributed by atoms with Crippen molar-refractivity contribution in [2.24, 2.45) is 5.10 Å². The number of nitrogens with one attached hydrogen (secondary N) is 1. The number of pyridine rings is 2. The van der Waals surface area contributed by atoms with Gasteiger partial charge in [0.25, 0.3) is 0 Å². The van der Waals surface area contributed by atoms with Gasteiger partial charge in [-0.25, -0.2) is 19.9 Å². The zero-order valence-electron chi connectivity index (χ0n) is 13.0. The lowest BCUT2D eigenvalue weighted by molar-refractivity contribution is 0.861. The van der Waals surface area contributed by atoms with Gasteiger partial charge in [0, 0.05) is 18.0 Å². The summed E-state index contributed by atoms with van der Waals surface area (Å²) in [5, 5.41) is 9.25. The van der Waals surface area contributed by atoms with Crippen molar-refractivity contribution in [3.8, 4) is 5.82 Å². The molecule has 25 heavy (non-hydrogen) atoms. The fourth-order valence-electron chi connectivity index (χ4n) is 2.24. The van der Waals surface area contributed by atoms with E-state index in [0.717, 1.165) is 10.9 Å². The number of nitrogen functional groups attached to an aromatic ring is 1. The van der Waals surface area contributed by atoms with Gasteiger partial charge in [-0.05, 0) is 24.3 Å². The molecule has 3 N–H and O–H groups in total. The number of nitrogens with zero attached hydrogens (tertiary/aromatic N) is 7. The molecule has 0 amide bonds. The Morgan fingerprint density at radius 3 is 2.80 bits per heavy atom. The summed E-state index contributed by atoms with van der Waals surface area (Å²) in [4.78, 5) is 16.8. The molecule has 4 aromatic heterocycles. The highest BCUT2D eigenvalue weighted by Crippen LogP contribution is 2.20. The number of nitrogens with two attached hydrogens (primary N) is 1. The van der Waals surface area contributed by atoms with Gasteiger partial charge in [-0.2, -0.15) is 14.9 Å². The first-order valence-electron chi connectivity index (χ1n) is 7.42. The predicted octanol–water partition coefficient (Wildman–Crippen LogP) is 1.63. The van der Waals surface area contributed by atoms with E-state index in [2.05, 4.69) is 35.6 Å². The molecule has 0 aliphatic rings. The maximum Gasteiger partial charge on any atom is 0.170 e. The van der Waals surface area contributed by atoms with Gasteiger partial charge in [-0.15, -0.1) is 0 Å².